The molecule has 2 unspecified atom stereocenters. The van der Waals surface area contributed by atoms with Crippen molar-refractivity contribution < 1.29 is 130 Å². The first kappa shape index (κ1) is 47.1. The third-order valence-electron chi connectivity index (χ3n) is 5.45. The normalized spacial score (nSPS) is 13.0. The van der Waals surface area contributed by atoms with Gasteiger partial charge in [-0.15, -0.1) is 0 Å². The fourth-order valence-electron chi connectivity index (χ4n) is 3.38. The Kier molecular flexibility index (Phi) is 21.0. The molecule has 2 atom stereocenters. The van der Waals surface area contributed by atoms with E-state index in [4.69, 9.17) is 18.6 Å². The van der Waals surface area contributed by atoms with Crippen molar-refractivity contribution in [3.05, 3.63) is 48.5 Å². The molecule has 0 spiro atoms. The van der Waals surface area contributed by atoms with Gasteiger partial charge in [0.05, 0.1) is 9.79 Å². The maximum Gasteiger partial charge on any atom is 1.00 e. The minimum absolute atomic E-state index is 0. The van der Waals surface area contributed by atoms with E-state index < -0.39 is 84.2 Å². The predicted molar refractivity (Wildman–Crippen MR) is 150 cm³/mol. The Morgan fingerprint density at radius 3 is 1.15 bits per heavy atom. The molecule has 0 aliphatic carbocycles. The zero-order valence-electron chi connectivity index (χ0n) is 25.3. The summed E-state index contributed by atoms with van der Waals surface area (Å²) in [7, 11) is -19.7. The maximum absolute atomic E-state index is 11.6. The van der Waals surface area contributed by atoms with Crippen molar-refractivity contribution in [3.8, 4) is 11.5 Å². The van der Waals surface area contributed by atoms with Crippen LogP contribution in [0.25, 0.3) is 0 Å². The zero-order valence-corrected chi connectivity index (χ0v) is 32.5. The molecule has 0 aromatic heterocycles. The SMILES string of the molecule is CCCCC(Oc1ccccc1S(=O)(=O)[O-])C(=O)S(=O)(=O)O.CCCCC(Oc1ccccc1S(=O)(=O)[O-])C(=O)S(=O)(=O)O.[Na+].[Na+]. The van der Waals surface area contributed by atoms with Gasteiger partial charge in [0.2, 0.25) is 0 Å². The van der Waals surface area contributed by atoms with Gasteiger partial charge in [-0.25, -0.2) is 16.8 Å². The monoisotopic (exact) mass is 748 g/mol. The molecule has 2 rings (SSSR count). The van der Waals surface area contributed by atoms with Crippen LogP contribution in [0.4, 0.5) is 0 Å². The molecule has 0 bridgehead atoms. The number of ether oxygens (including phenoxy) is 2. The Balaban J connectivity index is 0. The molecular weight excluding hydrogens is 718 g/mol. The molecule has 0 fully saturated rings. The van der Waals surface area contributed by atoms with E-state index in [2.05, 4.69) is 0 Å². The van der Waals surface area contributed by atoms with E-state index in [-0.39, 0.29) is 72.0 Å². The Bertz CT molecular complexity index is 1610. The van der Waals surface area contributed by atoms with Crippen molar-refractivity contribution in [3.63, 3.8) is 0 Å². The third-order valence-corrected chi connectivity index (χ3v) is 8.74. The Hall–Kier alpha value is -0.980. The zero-order chi connectivity index (χ0) is 33.9. The van der Waals surface area contributed by atoms with Crippen LogP contribution < -0.4 is 68.6 Å². The molecule has 0 radical (unpaired) electrons. The summed E-state index contributed by atoms with van der Waals surface area (Å²) in [4.78, 5) is 21.9. The molecule has 16 nitrogen and oxygen atoms in total. The molecule has 2 aromatic carbocycles. The smallest absolute Gasteiger partial charge is 0.744 e. The van der Waals surface area contributed by atoms with Gasteiger partial charge in [-0.3, -0.25) is 18.7 Å². The molecule has 0 saturated heterocycles. The number of rotatable bonds is 14. The maximum atomic E-state index is 11.6. The molecule has 22 heteroatoms. The number of carbonyl (C=O) groups is 2. The number of unbranched alkanes of at least 4 members (excludes halogenated alkanes) is 2. The second kappa shape index (κ2) is 20.5. The van der Waals surface area contributed by atoms with Gasteiger partial charge in [0.1, 0.15) is 31.7 Å². The van der Waals surface area contributed by atoms with Gasteiger partial charge in [-0.05, 0) is 49.9 Å². The van der Waals surface area contributed by atoms with Crippen molar-refractivity contribution in [1.82, 2.24) is 0 Å². The van der Waals surface area contributed by atoms with Crippen molar-refractivity contribution in [2.24, 2.45) is 0 Å². The molecule has 0 heterocycles. The molecule has 0 aliphatic heterocycles. The van der Waals surface area contributed by atoms with E-state index >= 15 is 0 Å². The van der Waals surface area contributed by atoms with Crippen LogP contribution >= 0.6 is 0 Å². The Morgan fingerprint density at radius 2 is 0.913 bits per heavy atom. The van der Waals surface area contributed by atoms with Gasteiger partial charge in [0.25, 0.3) is 0 Å². The first-order valence-corrected chi connectivity index (χ1v) is 18.3. The second-order valence-electron chi connectivity index (χ2n) is 8.89. The van der Waals surface area contributed by atoms with E-state index in [0.29, 0.717) is 25.7 Å². The summed E-state index contributed by atoms with van der Waals surface area (Å²) >= 11 is 0. The fraction of sp³-hybridized carbons (Fsp3) is 0.417. The van der Waals surface area contributed by atoms with Crippen molar-refractivity contribution in [1.29, 1.82) is 0 Å². The number of carbonyl (C=O) groups excluding carboxylic acids is 2. The molecule has 46 heavy (non-hydrogen) atoms. The summed E-state index contributed by atoms with van der Waals surface area (Å²) in [5.74, 6) is -0.869. The average molecular weight is 749 g/mol. The van der Waals surface area contributed by atoms with Crippen molar-refractivity contribution in [2.45, 2.75) is 74.4 Å². The molecule has 2 N–H and O–H groups in total. The molecule has 0 amide bonds. The fourth-order valence-corrected chi connectivity index (χ4v) is 5.59. The van der Waals surface area contributed by atoms with Crippen molar-refractivity contribution in [2.75, 3.05) is 0 Å². The minimum Gasteiger partial charge on any atom is -0.744 e. The molecule has 0 saturated carbocycles. The van der Waals surface area contributed by atoms with Crippen LogP contribution in [-0.4, -0.2) is 74.3 Å². The van der Waals surface area contributed by atoms with Crippen LogP contribution in [0.5, 0.6) is 11.5 Å². The van der Waals surface area contributed by atoms with Gasteiger partial charge in [-0.2, -0.15) is 16.8 Å². The summed E-state index contributed by atoms with van der Waals surface area (Å²) < 4.78 is 138. The van der Waals surface area contributed by atoms with Gasteiger partial charge < -0.3 is 18.6 Å². The Labute approximate surface area is 312 Å². The first-order valence-electron chi connectivity index (χ1n) is 12.6. The molecule has 2 aromatic rings. The molecule has 248 valence electrons. The standard InChI is InChI=1S/2C12H16O8S2.2Na/c2*1-2-3-6-10(12(13)22(17,18)19)20-9-7-4-5-8-11(9)21(14,15)16;;/h2*4-5,7-8,10H,2-3,6H2,1H3,(H,14,15,16)(H,17,18,19);;/q;;2*+1/p-2. The van der Waals surface area contributed by atoms with E-state index in [0.717, 1.165) is 24.3 Å². The van der Waals surface area contributed by atoms with Crippen LogP contribution in [0, 0.1) is 0 Å². The Morgan fingerprint density at radius 1 is 0.630 bits per heavy atom. The van der Waals surface area contributed by atoms with Crippen LogP contribution in [0.15, 0.2) is 58.3 Å². The van der Waals surface area contributed by atoms with Crippen molar-refractivity contribution >= 4 is 50.7 Å². The number of hydrogen-bond acceptors (Lipinski definition) is 14. The van der Waals surface area contributed by atoms with Gasteiger partial charge >= 0.3 is 89.6 Å². The van der Waals surface area contributed by atoms with Gasteiger partial charge in [-0.1, -0.05) is 51.0 Å². The predicted octanol–water partition coefficient (Wildman–Crippen LogP) is -4.11. The summed E-state index contributed by atoms with van der Waals surface area (Å²) in [5.41, 5.74) is 0. The summed E-state index contributed by atoms with van der Waals surface area (Å²) in [6, 6.07) is 9.49. The minimum atomic E-state index is -4.99. The van der Waals surface area contributed by atoms with E-state index in [1.165, 1.54) is 24.3 Å². The topological polar surface area (TPSA) is 276 Å². The van der Waals surface area contributed by atoms with E-state index in [1.807, 2.05) is 0 Å². The van der Waals surface area contributed by atoms with Gasteiger partial charge in [0.15, 0.2) is 12.2 Å². The molecule has 0 aliphatic rings. The van der Waals surface area contributed by atoms with Crippen LogP contribution in [0.2, 0.25) is 0 Å². The summed E-state index contributed by atoms with van der Waals surface area (Å²) in [6.45, 7) is 3.57. The van der Waals surface area contributed by atoms with Crippen LogP contribution in [0.1, 0.15) is 52.4 Å². The number of benzene rings is 2. The third kappa shape index (κ3) is 15.9. The van der Waals surface area contributed by atoms with Crippen LogP contribution in [-0.2, 0) is 50.1 Å². The summed E-state index contributed by atoms with van der Waals surface area (Å²) in [5, 5.41) is -3.17. The van der Waals surface area contributed by atoms with Gasteiger partial charge in [0, 0.05) is 0 Å². The quantitative estimate of drug-likeness (QED) is 0.137. The average Bonchev–Trinajstić information content (AvgIpc) is 2.91. The second-order valence-corrected chi connectivity index (χ2v) is 14.3. The number of para-hydroxylation sites is 2. The van der Waals surface area contributed by atoms with E-state index in [9.17, 15) is 52.4 Å². The first-order chi connectivity index (χ1) is 20.1. The molecular formula is C24H30Na2O16S4. The van der Waals surface area contributed by atoms with E-state index in [1.54, 1.807) is 13.8 Å². The summed E-state index contributed by atoms with van der Waals surface area (Å²) in [6.07, 6.45) is -1.28. The largest absolute Gasteiger partial charge is 1.00 e. The van der Waals surface area contributed by atoms with Crippen LogP contribution in [0.3, 0.4) is 0 Å². The number of hydrogen-bond donors (Lipinski definition) is 2.